The van der Waals surface area contributed by atoms with Gasteiger partial charge in [-0.3, -0.25) is 4.79 Å². The lowest BCUT2D eigenvalue weighted by atomic mass is 10.2. The van der Waals surface area contributed by atoms with E-state index < -0.39 is 0 Å². The average molecular weight is 400 g/mol. The predicted octanol–water partition coefficient (Wildman–Crippen LogP) is 3.39. The number of benzene rings is 1. The zero-order chi connectivity index (χ0) is 14.5. The van der Waals surface area contributed by atoms with Gasteiger partial charge < -0.3 is 10.2 Å². The van der Waals surface area contributed by atoms with Crippen LogP contribution >= 0.6 is 33.9 Å². The molecule has 0 spiro atoms. The van der Waals surface area contributed by atoms with Crippen molar-refractivity contribution in [2.24, 2.45) is 0 Å². The average Bonchev–Trinajstić information content (AvgIpc) is 2.93. The van der Waals surface area contributed by atoms with E-state index in [1.807, 2.05) is 44.4 Å². The molecule has 2 rings (SSSR count). The van der Waals surface area contributed by atoms with Gasteiger partial charge in [0, 0.05) is 20.6 Å². The molecule has 2 aromatic rings. The van der Waals surface area contributed by atoms with Crippen molar-refractivity contribution in [1.29, 1.82) is 0 Å². The second kappa shape index (κ2) is 7.19. The highest BCUT2D eigenvalue weighted by atomic mass is 127. The second-order valence-corrected chi connectivity index (χ2v) is 6.94. The molecule has 1 amide bonds. The van der Waals surface area contributed by atoms with Gasteiger partial charge in [-0.25, -0.2) is 0 Å². The number of hydrogen-bond donors (Lipinski definition) is 1. The Hall–Kier alpha value is -0.920. The fourth-order valence-corrected chi connectivity index (χ4v) is 3.19. The number of nitrogens with zero attached hydrogens (tertiary/aromatic N) is 1. The zero-order valence-corrected chi connectivity index (χ0v) is 14.4. The largest absolute Gasteiger partial charge is 0.350 e. The van der Waals surface area contributed by atoms with Gasteiger partial charge in [-0.2, -0.15) is 0 Å². The lowest BCUT2D eigenvalue weighted by Gasteiger charge is -2.23. The molecular weight excluding hydrogens is 383 g/mol. The fourth-order valence-electron chi connectivity index (χ4n) is 1.91. The van der Waals surface area contributed by atoms with Crippen LogP contribution in [0.1, 0.15) is 21.3 Å². The Balaban J connectivity index is 1.99. The number of amides is 1. The van der Waals surface area contributed by atoms with E-state index in [4.69, 9.17) is 0 Å². The Morgan fingerprint density at radius 1 is 1.30 bits per heavy atom. The zero-order valence-electron chi connectivity index (χ0n) is 11.5. The van der Waals surface area contributed by atoms with E-state index in [0.717, 1.165) is 3.57 Å². The smallest absolute Gasteiger partial charge is 0.251 e. The molecule has 1 N–H and O–H groups in total. The summed E-state index contributed by atoms with van der Waals surface area (Å²) < 4.78 is 1.13. The SMILES string of the molecule is CN(C)[C@@H](CNC(=O)c1ccc(I)cc1)c1cccs1. The van der Waals surface area contributed by atoms with Crippen molar-refractivity contribution in [1.82, 2.24) is 10.2 Å². The molecular formula is C15H17IN2OS. The minimum atomic E-state index is -0.0233. The van der Waals surface area contributed by atoms with Crippen molar-refractivity contribution in [2.75, 3.05) is 20.6 Å². The lowest BCUT2D eigenvalue weighted by molar-refractivity contribution is 0.0942. The van der Waals surface area contributed by atoms with Gasteiger partial charge in [0.2, 0.25) is 0 Å². The van der Waals surface area contributed by atoms with Crippen molar-refractivity contribution in [3.63, 3.8) is 0 Å². The third-order valence-electron chi connectivity index (χ3n) is 3.06. The predicted molar refractivity (Wildman–Crippen MR) is 92.2 cm³/mol. The van der Waals surface area contributed by atoms with E-state index in [-0.39, 0.29) is 11.9 Å². The van der Waals surface area contributed by atoms with E-state index >= 15 is 0 Å². The standard InChI is InChI=1S/C15H17IN2OS/c1-18(2)13(14-4-3-9-20-14)10-17-15(19)11-5-7-12(16)8-6-11/h3-9,13H,10H2,1-2H3,(H,17,19)/t13-/m0/s1. The minimum absolute atomic E-state index is 0.0233. The molecule has 0 aliphatic carbocycles. The van der Waals surface area contributed by atoms with Gasteiger partial charge in [-0.1, -0.05) is 6.07 Å². The molecule has 0 fully saturated rings. The molecule has 0 bridgehead atoms. The Morgan fingerprint density at radius 2 is 2.00 bits per heavy atom. The number of nitrogens with one attached hydrogen (secondary N) is 1. The van der Waals surface area contributed by atoms with Crippen molar-refractivity contribution in [3.05, 3.63) is 55.8 Å². The van der Waals surface area contributed by atoms with Gasteiger partial charge in [0.25, 0.3) is 5.91 Å². The van der Waals surface area contributed by atoms with Crippen LogP contribution in [0.25, 0.3) is 0 Å². The van der Waals surface area contributed by atoms with E-state index in [1.54, 1.807) is 11.3 Å². The number of rotatable bonds is 5. The number of thiophene rings is 1. The molecule has 0 aliphatic rings. The number of hydrogen-bond acceptors (Lipinski definition) is 3. The first-order valence-corrected chi connectivity index (χ1v) is 8.27. The maximum atomic E-state index is 12.1. The van der Waals surface area contributed by atoms with Crippen LogP contribution in [0.3, 0.4) is 0 Å². The van der Waals surface area contributed by atoms with Gasteiger partial charge in [0.1, 0.15) is 0 Å². The summed E-state index contributed by atoms with van der Waals surface area (Å²) in [7, 11) is 4.06. The third-order valence-corrected chi connectivity index (χ3v) is 4.75. The van der Waals surface area contributed by atoms with Crippen LogP contribution in [0.5, 0.6) is 0 Å². The summed E-state index contributed by atoms with van der Waals surface area (Å²) in [6, 6.07) is 11.9. The quantitative estimate of drug-likeness (QED) is 0.781. The minimum Gasteiger partial charge on any atom is -0.350 e. The number of carbonyl (C=O) groups excluding carboxylic acids is 1. The number of carbonyl (C=O) groups is 1. The highest BCUT2D eigenvalue weighted by Crippen LogP contribution is 2.22. The molecule has 1 aromatic heterocycles. The molecule has 0 saturated carbocycles. The molecule has 20 heavy (non-hydrogen) atoms. The Kier molecular flexibility index (Phi) is 5.56. The number of halogens is 1. The Morgan fingerprint density at radius 3 is 2.55 bits per heavy atom. The fraction of sp³-hybridized carbons (Fsp3) is 0.267. The van der Waals surface area contributed by atoms with Crippen molar-refractivity contribution < 1.29 is 4.79 Å². The van der Waals surface area contributed by atoms with E-state index in [2.05, 4.69) is 44.3 Å². The Labute approximate surface area is 137 Å². The molecule has 0 radical (unpaired) electrons. The summed E-state index contributed by atoms with van der Waals surface area (Å²) in [4.78, 5) is 15.5. The highest BCUT2D eigenvalue weighted by molar-refractivity contribution is 14.1. The molecule has 1 heterocycles. The first-order chi connectivity index (χ1) is 9.58. The summed E-state index contributed by atoms with van der Waals surface area (Å²) in [5, 5.41) is 5.07. The van der Waals surface area contributed by atoms with Crippen LogP contribution in [0, 0.1) is 3.57 Å². The Bertz CT molecular complexity index is 552. The van der Waals surface area contributed by atoms with Gasteiger partial charge in [0.15, 0.2) is 0 Å². The maximum absolute atomic E-state index is 12.1. The molecule has 0 saturated heterocycles. The van der Waals surface area contributed by atoms with E-state index in [1.165, 1.54) is 4.88 Å². The molecule has 3 nitrogen and oxygen atoms in total. The third kappa shape index (κ3) is 4.04. The van der Waals surface area contributed by atoms with Crippen LogP contribution in [0.4, 0.5) is 0 Å². The normalized spacial score (nSPS) is 12.4. The molecule has 1 aromatic carbocycles. The summed E-state index contributed by atoms with van der Waals surface area (Å²) in [5.41, 5.74) is 0.703. The topological polar surface area (TPSA) is 32.3 Å². The number of likely N-dealkylation sites (N-methyl/N-ethyl adjacent to an activating group) is 1. The summed E-state index contributed by atoms with van der Waals surface area (Å²) in [6.07, 6.45) is 0. The van der Waals surface area contributed by atoms with Crippen molar-refractivity contribution >= 4 is 39.8 Å². The molecule has 0 aliphatic heterocycles. The van der Waals surface area contributed by atoms with Crippen LogP contribution in [-0.2, 0) is 0 Å². The lowest BCUT2D eigenvalue weighted by Crippen LogP contribution is -2.34. The second-order valence-electron chi connectivity index (χ2n) is 4.71. The molecule has 1 atom stereocenters. The van der Waals surface area contributed by atoms with Gasteiger partial charge in [-0.15, -0.1) is 11.3 Å². The van der Waals surface area contributed by atoms with Gasteiger partial charge in [0.05, 0.1) is 6.04 Å². The van der Waals surface area contributed by atoms with Crippen LogP contribution in [0.2, 0.25) is 0 Å². The van der Waals surface area contributed by atoms with E-state index in [0.29, 0.717) is 12.1 Å². The molecule has 106 valence electrons. The van der Waals surface area contributed by atoms with Crippen molar-refractivity contribution in [3.8, 4) is 0 Å². The van der Waals surface area contributed by atoms with E-state index in [9.17, 15) is 4.79 Å². The van der Waals surface area contributed by atoms with Crippen LogP contribution < -0.4 is 5.32 Å². The summed E-state index contributed by atoms with van der Waals surface area (Å²) in [6.45, 7) is 0.609. The summed E-state index contributed by atoms with van der Waals surface area (Å²) >= 11 is 3.95. The highest BCUT2D eigenvalue weighted by Gasteiger charge is 2.16. The first-order valence-electron chi connectivity index (χ1n) is 6.31. The van der Waals surface area contributed by atoms with Gasteiger partial charge in [-0.05, 0) is 72.4 Å². The van der Waals surface area contributed by atoms with Gasteiger partial charge >= 0.3 is 0 Å². The monoisotopic (exact) mass is 400 g/mol. The molecule has 0 unspecified atom stereocenters. The summed E-state index contributed by atoms with van der Waals surface area (Å²) in [5.74, 6) is -0.0233. The van der Waals surface area contributed by atoms with Crippen LogP contribution in [-0.4, -0.2) is 31.4 Å². The molecule has 5 heteroatoms. The van der Waals surface area contributed by atoms with Crippen molar-refractivity contribution in [2.45, 2.75) is 6.04 Å². The van der Waals surface area contributed by atoms with Crippen LogP contribution in [0.15, 0.2) is 41.8 Å². The first kappa shape index (κ1) is 15.5. The maximum Gasteiger partial charge on any atom is 0.251 e.